The smallest absolute Gasteiger partial charge is 0.219 e. The van der Waals surface area contributed by atoms with Gasteiger partial charge in [0.2, 0.25) is 5.88 Å². The number of amidine groups is 1. The Hall–Kier alpha value is -2.40. The van der Waals surface area contributed by atoms with Gasteiger partial charge in [0.25, 0.3) is 0 Å². The minimum Gasteiger partial charge on any atom is -0.439 e. The number of nitrogens with two attached hydrogens (primary N) is 1. The first kappa shape index (κ1) is 13.0. The van der Waals surface area contributed by atoms with Gasteiger partial charge in [-0.1, -0.05) is 18.2 Å². The van der Waals surface area contributed by atoms with Crippen molar-refractivity contribution in [2.24, 2.45) is 5.73 Å². The Kier molecular flexibility index (Phi) is 4.10. The van der Waals surface area contributed by atoms with E-state index in [2.05, 4.69) is 4.98 Å². The summed E-state index contributed by atoms with van der Waals surface area (Å²) in [7, 11) is 1.64. The maximum absolute atomic E-state index is 7.34. The van der Waals surface area contributed by atoms with Crippen LogP contribution >= 0.6 is 0 Å². The Morgan fingerprint density at radius 2 is 2.05 bits per heavy atom. The summed E-state index contributed by atoms with van der Waals surface area (Å²) < 4.78 is 10.7. The van der Waals surface area contributed by atoms with Gasteiger partial charge in [0.05, 0.1) is 6.61 Å². The van der Waals surface area contributed by atoms with Gasteiger partial charge in [-0.3, -0.25) is 5.41 Å². The zero-order valence-corrected chi connectivity index (χ0v) is 10.6. The van der Waals surface area contributed by atoms with Gasteiger partial charge in [0, 0.05) is 13.2 Å². The number of nitrogen functional groups attached to an aromatic ring is 1. The fourth-order valence-corrected chi connectivity index (χ4v) is 1.61. The predicted molar refractivity (Wildman–Crippen MR) is 72.5 cm³/mol. The lowest BCUT2D eigenvalue weighted by Gasteiger charge is -2.07. The molecule has 1 aromatic carbocycles. The number of benzene rings is 1. The van der Waals surface area contributed by atoms with Crippen molar-refractivity contribution < 1.29 is 9.47 Å². The van der Waals surface area contributed by atoms with E-state index in [1.54, 1.807) is 25.3 Å². The molecule has 0 bridgehead atoms. The molecule has 0 radical (unpaired) electrons. The number of ether oxygens (including phenoxy) is 2. The molecule has 2 rings (SSSR count). The van der Waals surface area contributed by atoms with Crippen LogP contribution in [0.2, 0.25) is 0 Å². The van der Waals surface area contributed by atoms with E-state index in [0.29, 0.717) is 23.9 Å². The lowest BCUT2D eigenvalue weighted by atomic mass is 10.2. The Balaban J connectivity index is 2.18. The highest BCUT2D eigenvalue weighted by Crippen LogP contribution is 2.21. The molecule has 0 amide bonds. The third kappa shape index (κ3) is 3.53. The van der Waals surface area contributed by atoms with Gasteiger partial charge < -0.3 is 15.2 Å². The quantitative estimate of drug-likeness (QED) is 0.636. The van der Waals surface area contributed by atoms with Crippen molar-refractivity contribution in [3.05, 3.63) is 53.7 Å². The van der Waals surface area contributed by atoms with E-state index in [4.69, 9.17) is 20.6 Å². The van der Waals surface area contributed by atoms with Gasteiger partial charge in [-0.25, -0.2) is 4.98 Å². The Bertz CT molecular complexity index is 584. The van der Waals surface area contributed by atoms with E-state index >= 15 is 0 Å². The summed E-state index contributed by atoms with van der Waals surface area (Å²) in [5.41, 5.74) is 6.80. The minimum atomic E-state index is -0.0846. The monoisotopic (exact) mass is 257 g/mol. The molecule has 19 heavy (non-hydrogen) atoms. The first-order valence-corrected chi connectivity index (χ1v) is 5.76. The van der Waals surface area contributed by atoms with Crippen LogP contribution in [0.5, 0.6) is 11.6 Å². The Labute approximate surface area is 111 Å². The number of hydrogen-bond donors (Lipinski definition) is 2. The Morgan fingerprint density at radius 3 is 2.79 bits per heavy atom. The van der Waals surface area contributed by atoms with E-state index in [-0.39, 0.29) is 5.84 Å². The van der Waals surface area contributed by atoms with Gasteiger partial charge in [-0.05, 0) is 23.8 Å². The topological polar surface area (TPSA) is 81.2 Å². The maximum atomic E-state index is 7.34. The van der Waals surface area contributed by atoms with Crippen LogP contribution in [0.4, 0.5) is 0 Å². The van der Waals surface area contributed by atoms with Crippen LogP contribution in [0.25, 0.3) is 0 Å². The van der Waals surface area contributed by atoms with Gasteiger partial charge in [0.1, 0.15) is 17.3 Å². The highest BCUT2D eigenvalue weighted by atomic mass is 16.5. The van der Waals surface area contributed by atoms with E-state index < -0.39 is 0 Å². The molecule has 0 aliphatic rings. The molecule has 0 aliphatic heterocycles. The van der Waals surface area contributed by atoms with Crippen LogP contribution in [0.1, 0.15) is 11.3 Å². The summed E-state index contributed by atoms with van der Waals surface area (Å²) in [5, 5.41) is 7.34. The molecule has 0 unspecified atom stereocenters. The number of aromatic nitrogens is 1. The first-order chi connectivity index (χ1) is 9.19. The molecule has 5 nitrogen and oxygen atoms in total. The van der Waals surface area contributed by atoms with Crippen molar-refractivity contribution in [3.63, 3.8) is 0 Å². The summed E-state index contributed by atoms with van der Waals surface area (Å²) in [6.07, 6.45) is 0. The Morgan fingerprint density at radius 1 is 1.26 bits per heavy atom. The third-order valence-electron chi connectivity index (χ3n) is 2.43. The number of methoxy groups -OCH3 is 1. The summed E-state index contributed by atoms with van der Waals surface area (Å²) in [6, 6.07) is 12.7. The molecule has 2 aromatic rings. The van der Waals surface area contributed by atoms with Gasteiger partial charge >= 0.3 is 0 Å². The standard InChI is InChI=1S/C14H15N3O2/c1-18-9-10-4-2-5-11(8-10)19-13-7-3-6-12(17-13)14(15)16/h2-8H,9H2,1H3,(H3,15,16). The molecule has 0 atom stereocenters. The van der Waals surface area contributed by atoms with Gasteiger partial charge in [-0.15, -0.1) is 0 Å². The molecular formula is C14H15N3O2. The number of nitrogens with zero attached hydrogens (tertiary/aromatic N) is 1. The molecule has 0 saturated carbocycles. The largest absolute Gasteiger partial charge is 0.439 e. The second kappa shape index (κ2) is 5.97. The van der Waals surface area contributed by atoms with Crippen molar-refractivity contribution in [2.75, 3.05) is 7.11 Å². The number of hydrogen-bond acceptors (Lipinski definition) is 4. The van der Waals surface area contributed by atoms with Gasteiger partial charge in [0.15, 0.2) is 0 Å². The number of pyridine rings is 1. The molecule has 1 heterocycles. The fourth-order valence-electron chi connectivity index (χ4n) is 1.61. The molecule has 0 fully saturated rings. The van der Waals surface area contributed by atoms with Crippen LogP contribution in [-0.2, 0) is 11.3 Å². The maximum Gasteiger partial charge on any atom is 0.219 e. The van der Waals surface area contributed by atoms with E-state index in [1.807, 2.05) is 24.3 Å². The molecule has 3 N–H and O–H groups in total. The SMILES string of the molecule is COCc1cccc(Oc2cccc(C(=N)N)n2)c1. The van der Waals surface area contributed by atoms with Crippen molar-refractivity contribution in [1.82, 2.24) is 4.98 Å². The molecule has 0 aliphatic carbocycles. The highest BCUT2D eigenvalue weighted by Gasteiger charge is 2.03. The van der Waals surface area contributed by atoms with Crippen molar-refractivity contribution >= 4 is 5.84 Å². The molecule has 5 heteroatoms. The first-order valence-electron chi connectivity index (χ1n) is 5.76. The predicted octanol–water partition coefficient (Wildman–Crippen LogP) is 2.30. The molecule has 98 valence electrons. The van der Waals surface area contributed by atoms with Crippen LogP contribution in [0, 0.1) is 5.41 Å². The van der Waals surface area contributed by atoms with Crippen molar-refractivity contribution in [1.29, 1.82) is 5.41 Å². The minimum absolute atomic E-state index is 0.0846. The zero-order chi connectivity index (χ0) is 13.7. The number of nitrogens with one attached hydrogen (secondary N) is 1. The lowest BCUT2D eigenvalue weighted by molar-refractivity contribution is 0.184. The summed E-state index contributed by atoms with van der Waals surface area (Å²) in [6.45, 7) is 0.526. The van der Waals surface area contributed by atoms with Crippen LogP contribution < -0.4 is 10.5 Å². The second-order valence-electron chi connectivity index (χ2n) is 3.96. The average molecular weight is 257 g/mol. The van der Waals surface area contributed by atoms with Gasteiger partial charge in [-0.2, -0.15) is 0 Å². The average Bonchev–Trinajstić information content (AvgIpc) is 2.40. The third-order valence-corrected chi connectivity index (χ3v) is 2.43. The van der Waals surface area contributed by atoms with Crippen molar-refractivity contribution in [2.45, 2.75) is 6.61 Å². The number of rotatable bonds is 5. The summed E-state index contributed by atoms with van der Waals surface area (Å²) >= 11 is 0. The molecule has 1 aromatic heterocycles. The summed E-state index contributed by atoms with van der Waals surface area (Å²) in [5.74, 6) is 0.989. The van der Waals surface area contributed by atoms with Crippen LogP contribution in [0.3, 0.4) is 0 Å². The lowest BCUT2D eigenvalue weighted by Crippen LogP contribution is -2.13. The molecular weight excluding hydrogens is 242 g/mol. The van der Waals surface area contributed by atoms with Crippen LogP contribution in [-0.4, -0.2) is 17.9 Å². The molecule has 0 spiro atoms. The normalized spacial score (nSPS) is 10.2. The zero-order valence-electron chi connectivity index (χ0n) is 10.6. The molecule has 0 saturated heterocycles. The van der Waals surface area contributed by atoms with Crippen LogP contribution in [0.15, 0.2) is 42.5 Å². The summed E-state index contributed by atoms with van der Waals surface area (Å²) in [4.78, 5) is 4.14. The van der Waals surface area contributed by atoms with Crippen molar-refractivity contribution in [3.8, 4) is 11.6 Å². The van der Waals surface area contributed by atoms with E-state index in [0.717, 1.165) is 5.56 Å². The van der Waals surface area contributed by atoms with E-state index in [1.165, 1.54) is 0 Å². The second-order valence-corrected chi connectivity index (χ2v) is 3.96. The highest BCUT2D eigenvalue weighted by molar-refractivity contribution is 5.93. The fraction of sp³-hybridized carbons (Fsp3) is 0.143. The van der Waals surface area contributed by atoms with E-state index in [9.17, 15) is 0 Å².